The van der Waals surface area contributed by atoms with Gasteiger partial charge in [0.1, 0.15) is 5.82 Å². The summed E-state index contributed by atoms with van der Waals surface area (Å²) in [6, 6.07) is 10.7. The molecule has 28 heavy (non-hydrogen) atoms. The fourth-order valence-electron chi connectivity index (χ4n) is 2.88. The highest BCUT2D eigenvalue weighted by Gasteiger charge is 2.21. The number of aromatic nitrogens is 1. The van der Waals surface area contributed by atoms with Gasteiger partial charge < -0.3 is 4.90 Å². The lowest BCUT2D eigenvalue weighted by molar-refractivity contribution is -0.118. The molecule has 1 aromatic heterocycles. The molecule has 1 heterocycles. The van der Waals surface area contributed by atoms with Crippen LogP contribution in [0, 0.1) is 19.7 Å². The van der Waals surface area contributed by atoms with Crippen molar-refractivity contribution in [3.8, 4) is 0 Å². The first-order chi connectivity index (χ1) is 12.8. The van der Waals surface area contributed by atoms with E-state index in [1.165, 1.54) is 23.5 Å². The molecular formula is C21H25ClFN3OS. The van der Waals surface area contributed by atoms with Crippen molar-refractivity contribution >= 4 is 45.0 Å². The van der Waals surface area contributed by atoms with Gasteiger partial charge >= 0.3 is 0 Å². The first kappa shape index (κ1) is 22.3. The van der Waals surface area contributed by atoms with Crippen LogP contribution in [0.25, 0.3) is 10.2 Å². The van der Waals surface area contributed by atoms with Crippen LogP contribution >= 0.6 is 23.7 Å². The molecule has 0 radical (unpaired) electrons. The Balaban J connectivity index is 0.00000280. The number of fused-ring (bicyclic) bond motifs is 1. The Morgan fingerprint density at radius 1 is 1.11 bits per heavy atom. The molecule has 7 heteroatoms. The Labute approximate surface area is 175 Å². The summed E-state index contributed by atoms with van der Waals surface area (Å²) < 4.78 is 14.3. The van der Waals surface area contributed by atoms with Crippen molar-refractivity contribution in [3.63, 3.8) is 0 Å². The molecule has 1 amide bonds. The first-order valence-electron chi connectivity index (χ1n) is 8.91. The quantitative estimate of drug-likeness (QED) is 0.583. The van der Waals surface area contributed by atoms with Gasteiger partial charge in [-0.15, -0.1) is 12.4 Å². The number of amides is 1. The van der Waals surface area contributed by atoms with E-state index in [4.69, 9.17) is 0 Å². The van der Waals surface area contributed by atoms with E-state index in [2.05, 4.69) is 17.1 Å². The van der Waals surface area contributed by atoms with Gasteiger partial charge in [0.05, 0.1) is 16.6 Å². The lowest BCUT2D eigenvalue weighted by Gasteiger charge is -2.22. The highest BCUT2D eigenvalue weighted by atomic mass is 35.5. The molecule has 0 aliphatic rings. The van der Waals surface area contributed by atoms with Gasteiger partial charge in [0.2, 0.25) is 5.91 Å². The van der Waals surface area contributed by atoms with Crippen molar-refractivity contribution in [2.45, 2.75) is 20.3 Å². The molecule has 0 bridgehead atoms. The Bertz CT molecular complexity index is 973. The molecule has 0 atom stereocenters. The van der Waals surface area contributed by atoms with Crippen molar-refractivity contribution < 1.29 is 9.18 Å². The highest BCUT2D eigenvalue weighted by Crippen LogP contribution is 2.30. The highest BCUT2D eigenvalue weighted by molar-refractivity contribution is 7.22. The maximum atomic E-state index is 13.5. The van der Waals surface area contributed by atoms with Gasteiger partial charge in [0.25, 0.3) is 0 Å². The molecule has 4 nitrogen and oxygen atoms in total. The van der Waals surface area contributed by atoms with Crippen molar-refractivity contribution in [2.75, 3.05) is 32.1 Å². The molecule has 0 N–H and O–H groups in total. The van der Waals surface area contributed by atoms with Crippen LogP contribution in [-0.4, -0.2) is 43.0 Å². The predicted octanol–water partition coefficient (Wildman–Crippen LogP) is 4.61. The average molecular weight is 422 g/mol. The number of nitrogens with zero attached hydrogens (tertiary/aromatic N) is 3. The van der Waals surface area contributed by atoms with Crippen LogP contribution in [0.5, 0.6) is 0 Å². The van der Waals surface area contributed by atoms with E-state index in [0.717, 1.165) is 27.9 Å². The fourth-order valence-corrected chi connectivity index (χ4v) is 3.91. The summed E-state index contributed by atoms with van der Waals surface area (Å²) in [7, 11) is 3.95. The van der Waals surface area contributed by atoms with Crippen LogP contribution in [0.15, 0.2) is 36.4 Å². The van der Waals surface area contributed by atoms with Crippen LogP contribution in [-0.2, 0) is 11.2 Å². The summed E-state index contributed by atoms with van der Waals surface area (Å²) in [5, 5.41) is 0.618. The number of thiazole rings is 1. The van der Waals surface area contributed by atoms with E-state index >= 15 is 0 Å². The van der Waals surface area contributed by atoms with Gasteiger partial charge in [-0.05, 0) is 57.3 Å². The molecule has 0 fully saturated rings. The van der Waals surface area contributed by atoms with Gasteiger partial charge in [-0.1, -0.05) is 35.1 Å². The predicted molar refractivity (Wildman–Crippen MR) is 117 cm³/mol. The van der Waals surface area contributed by atoms with E-state index in [-0.39, 0.29) is 24.1 Å². The molecule has 3 aromatic rings. The normalized spacial score (nSPS) is 10.9. The molecule has 0 unspecified atom stereocenters. The summed E-state index contributed by atoms with van der Waals surface area (Å²) in [5.74, 6) is -0.288. The van der Waals surface area contributed by atoms with Gasteiger partial charge in [-0.2, -0.15) is 0 Å². The Hall–Kier alpha value is -2.02. The zero-order valence-corrected chi connectivity index (χ0v) is 18.2. The molecule has 0 aliphatic carbocycles. The molecule has 0 aliphatic heterocycles. The zero-order chi connectivity index (χ0) is 19.6. The molecule has 2 aromatic carbocycles. The zero-order valence-electron chi connectivity index (χ0n) is 16.5. The summed E-state index contributed by atoms with van der Waals surface area (Å²) in [5.41, 5.74) is 3.99. The van der Waals surface area contributed by atoms with Crippen molar-refractivity contribution in [3.05, 3.63) is 58.9 Å². The standard InChI is InChI=1S/C21H24FN3OS.ClH/c1-14-5-6-15(2)16(11-14)12-20(26)25(10-9-24(3)4)21-23-18-8-7-17(22)13-19(18)27-21;/h5-8,11,13H,9-10,12H2,1-4H3;1H. The number of anilines is 1. The minimum absolute atomic E-state index is 0. The number of likely N-dealkylation sites (N-methyl/N-ethyl adjacent to an activating group) is 1. The lowest BCUT2D eigenvalue weighted by Crippen LogP contribution is -2.37. The van der Waals surface area contributed by atoms with Crippen molar-refractivity contribution in [1.29, 1.82) is 0 Å². The van der Waals surface area contributed by atoms with Crippen molar-refractivity contribution in [1.82, 2.24) is 9.88 Å². The second-order valence-electron chi connectivity index (χ2n) is 7.06. The summed E-state index contributed by atoms with van der Waals surface area (Å²) in [4.78, 5) is 21.5. The van der Waals surface area contributed by atoms with Gasteiger partial charge in [0, 0.05) is 13.1 Å². The summed E-state index contributed by atoms with van der Waals surface area (Å²) >= 11 is 1.35. The molecule has 3 rings (SSSR count). The number of carbonyl (C=O) groups excluding carboxylic acids is 1. The van der Waals surface area contributed by atoms with E-state index in [1.807, 2.05) is 38.9 Å². The minimum atomic E-state index is -0.292. The monoisotopic (exact) mass is 421 g/mol. The number of carbonyl (C=O) groups is 1. The van der Waals surface area contributed by atoms with Gasteiger partial charge in [-0.25, -0.2) is 9.37 Å². The van der Waals surface area contributed by atoms with E-state index in [1.54, 1.807) is 11.0 Å². The van der Waals surface area contributed by atoms with Crippen LogP contribution in [0.3, 0.4) is 0 Å². The lowest BCUT2D eigenvalue weighted by atomic mass is 10.0. The number of halogens is 2. The molecular weight excluding hydrogens is 397 g/mol. The third kappa shape index (κ3) is 5.28. The van der Waals surface area contributed by atoms with Gasteiger partial charge in [-0.3, -0.25) is 9.69 Å². The van der Waals surface area contributed by atoms with E-state index in [0.29, 0.717) is 23.6 Å². The molecule has 0 spiro atoms. The van der Waals surface area contributed by atoms with Crippen LogP contribution in [0.1, 0.15) is 16.7 Å². The second-order valence-corrected chi connectivity index (χ2v) is 8.07. The van der Waals surface area contributed by atoms with Crippen LogP contribution in [0.4, 0.5) is 9.52 Å². The minimum Gasteiger partial charge on any atom is -0.308 e. The first-order valence-corrected chi connectivity index (χ1v) is 9.72. The number of benzene rings is 2. The van der Waals surface area contributed by atoms with Crippen molar-refractivity contribution in [2.24, 2.45) is 0 Å². The maximum absolute atomic E-state index is 13.5. The number of aryl methyl sites for hydroxylation is 2. The Morgan fingerprint density at radius 3 is 2.57 bits per heavy atom. The Morgan fingerprint density at radius 2 is 1.86 bits per heavy atom. The maximum Gasteiger partial charge on any atom is 0.233 e. The number of rotatable bonds is 6. The van der Waals surface area contributed by atoms with Crippen LogP contribution < -0.4 is 4.90 Å². The number of hydrogen-bond donors (Lipinski definition) is 0. The van der Waals surface area contributed by atoms with Crippen LogP contribution in [0.2, 0.25) is 0 Å². The molecule has 0 saturated heterocycles. The molecule has 150 valence electrons. The third-order valence-electron chi connectivity index (χ3n) is 4.49. The summed E-state index contributed by atoms with van der Waals surface area (Å²) in [6.07, 6.45) is 0.325. The average Bonchev–Trinajstić information content (AvgIpc) is 3.00. The van der Waals surface area contributed by atoms with Gasteiger partial charge in [0.15, 0.2) is 5.13 Å². The van der Waals surface area contributed by atoms with E-state index < -0.39 is 0 Å². The number of hydrogen-bond acceptors (Lipinski definition) is 4. The SMILES string of the molecule is Cc1ccc(C)c(CC(=O)N(CCN(C)C)c2nc3ccc(F)cc3s2)c1.Cl. The smallest absolute Gasteiger partial charge is 0.233 e. The fraction of sp³-hybridized carbons (Fsp3) is 0.333. The topological polar surface area (TPSA) is 36.4 Å². The third-order valence-corrected chi connectivity index (χ3v) is 5.53. The second kappa shape index (κ2) is 9.45. The van der Waals surface area contributed by atoms with E-state index in [9.17, 15) is 9.18 Å². The summed E-state index contributed by atoms with van der Waals surface area (Å²) in [6.45, 7) is 5.31. The molecule has 0 saturated carbocycles. The Kier molecular flexibility index (Phi) is 7.52. The largest absolute Gasteiger partial charge is 0.308 e.